The molecule has 0 spiro atoms. The van der Waals surface area contributed by atoms with Crippen molar-refractivity contribution in [3.63, 3.8) is 0 Å². The molecule has 1 heterocycles. The monoisotopic (exact) mass is 326 g/mol. The number of halogens is 1. The second-order valence-electron chi connectivity index (χ2n) is 4.11. The Balaban J connectivity index is 2.03. The largest absolute Gasteiger partial charge is 0.383 e. The Morgan fingerprint density at radius 3 is 2.81 bits per heavy atom. The van der Waals surface area contributed by atoms with Crippen LogP contribution in [0.4, 0.5) is 16.6 Å². The maximum Gasteiger partial charge on any atom is 0.269 e. The van der Waals surface area contributed by atoms with E-state index in [0.29, 0.717) is 33.9 Å². The summed E-state index contributed by atoms with van der Waals surface area (Å²) in [5.74, 6) is -0.0986. The van der Waals surface area contributed by atoms with Crippen molar-refractivity contribution < 1.29 is 9.53 Å². The molecule has 2 rings (SSSR count). The number of nitrogen functional groups attached to an aromatic ring is 1. The smallest absolute Gasteiger partial charge is 0.269 e. The quantitative estimate of drug-likeness (QED) is 0.710. The van der Waals surface area contributed by atoms with Gasteiger partial charge in [-0.3, -0.25) is 4.79 Å². The molecule has 0 saturated carbocycles. The number of aromatic nitrogens is 1. The van der Waals surface area contributed by atoms with E-state index in [4.69, 9.17) is 22.1 Å². The molecular formula is C13H15ClN4O2S. The number of amides is 1. The van der Waals surface area contributed by atoms with E-state index in [-0.39, 0.29) is 11.7 Å². The third-order valence-electron chi connectivity index (χ3n) is 2.54. The summed E-state index contributed by atoms with van der Waals surface area (Å²) >= 11 is 6.99. The number of ether oxygens (including phenoxy) is 1. The van der Waals surface area contributed by atoms with Crippen molar-refractivity contribution in [2.24, 2.45) is 0 Å². The second-order valence-corrected chi connectivity index (χ2v) is 5.55. The second kappa shape index (κ2) is 7.26. The van der Waals surface area contributed by atoms with Gasteiger partial charge >= 0.3 is 0 Å². The molecule has 8 heteroatoms. The molecule has 0 radical (unpaired) electrons. The van der Waals surface area contributed by atoms with E-state index in [2.05, 4.69) is 15.6 Å². The molecule has 21 heavy (non-hydrogen) atoms. The van der Waals surface area contributed by atoms with Gasteiger partial charge in [0.2, 0.25) is 0 Å². The molecule has 112 valence electrons. The van der Waals surface area contributed by atoms with Crippen molar-refractivity contribution in [3.05, 3.63) is 34.2 Å². The number of rotatable bonds is 6. The van der Waals surface area contributed by atoms with Crippen LogP contribution in [0.2, 0.25) is 5.02 Å². The Labute approximate surface area is 131 Å². The minimum Gasteiger partial charge on any atom is -0.383 e. The predicted molar refractivity (Wildman–Crippen MR) is 86.3 cm³/mol. The third kappa shape index (κ3) is 4.32. The highest BCUT2D eigenvalue weighted by atomic mass is 35.5. The Bertz CT molecular complexity index is 615. The van der Waals surface area contributed by atoms with Crippen molar-refractivity contribution in [3.8, 4) is 0 Å². The lowest BCUT2D eigenvalue weighted by Crippen LogP contribution is -2.12. The summed E-state index contributed by atoms with van der Waals surface area (Å²) in [4.78, 5) is 16.6. The van der Waals surface area contributed by atoms with E-state index in [1.54, 1.807) is 31.4 Å². The Hall–Kier alpha value is -1.83. The average Bonchev–Trinajstić information content (AvgIpc) is 2.83. The molecule has 0 saturated heterocycles. The number of hydrogen-bond donors (Lipinski definition) is 3. The lowest BCUT2D eigenvalue weighted by atomic mass is 10.3. The van der Waals surface area contributed by atoms with Crippen LogP contribution in [0.5, 0.6) is 0 Å². The first-order valence-electron chi connectivity index (χ1n) is 6.16. The average molecular weight is 327 g/mol. The first kappa shape index (κ1) is 15.6. The van der Waals surface area contributed by atoms with Crippen LogP contribution in [0.25, 0.3) is 0 Å². The van der Waals surface area contributed by atoms with E-state index in [1.165, 1.54) is 11.3 Å². The number of thiazole rings is 1. The van der Waals surface area contributed by atoms with Gasteiger partial charge in [0.15, 0.2) is 5.13 Å². The number of nitrogens with one attached hydrogen (secondary N) is 2. The molecule has 1 aromatic carbocycles. The van der Waals surface area contributed by atoms with Crippen molar-refractivity contribution in [1.82, 2.24) is 4.98 Å². The zero-order valence-corrected chi connectivity index (χ0v) is 12.9. The van der Waals surface area contributed by atoms with Crippen LogP contribution in [0.1, 0.15) is 9.67 Å². The van der Waals surface area contributed by atoms with Gasteiger partial charge in [-0.2, -0.15) is 0 Å². The lowest BCUT2D eigenvalue weighted by molar-refractivity contribution is 0.103. The number of methoxy groups -OCH3 is 1. The van der Waals surface area contributed by atoms with E-state index in [9.17, 15) is 4.79 Å². The SMILES string of the molecule is COCCNc1nc(N)c(C(=O)Nc2ccc(Cl)cc2)s1. The third-order valence-corrected chi connectivity index (χ3v) is 3.82. The molecule has 0 unspecified atom stereocenters. The highest BCUT2D eigenvalue weighted by molar-refractivity contribution is 7.18. The molecule has 1 aromatic heterocycles. The molecule has 2 aromatic rings. The standard InChI is InChI=1S/C13H15ClN4O2S/c1-20-7-6-16-13-18-11(15)10(21-13)12(19)17-9-4-2-8(14)3-5-9/h2-5H,6-7,15H2,1H3,(H,16,18)(H,17,19). The van der Waals surface area contributed by atoms with Gasteiger partial charge in [0.05, 0.1) is 6.61 Å². The number of benzene rings is 1. The number of anilines is 3. The fourth-order valence-corrected chi connectivity index (χ4v) is 2.48. The summed E-state index contributed by atoms with van der Waals surface area (Å²) in [6, 6.07) is 6.83. The first-order valence-corrected chi connectivity index (χ1v) is 7.35. The van der Waals surface area contributed by atoms with Crippen molar-refractivity contribution >= 4 is 45.5 Å². The van der Waals surface area contributed by atoms with E-state index >= 15 is 0 Å². The summed E-state index contributed by atoms with van der Waals surface area (Å²) in [5, 5.41) is 6.98. The fraction of sp³-hybridized carbons (Fsp3) is 0.231. The van der Waals surface area contributed by atoms with Crippen LogP contribution in [0.3, 0.4) is 0 Å². The molecule has 0 bridgehead atoms. The van der Waals surface area contributed by atoms with Crippen LogP contribution in [-0.2, 0) is 4.74 Å². The minimum atomic E-state index is -0.299. The van der Waals surface area contributed by atoms with E-state index in [0.717, 1.165) is 0 Å². The van der Waals surface area contributed by atoms with Gasteiger partial charge in [-0.15, -0.1) is 0 Å². The molecule has 6 nitrogen and oxygen atoms in total. The van der Waals surface area contributed by atoms with Crippen LogP contribution < -0.4 is 16.4 Å². The Morgan fingerprint density at radius 2 is 2.14 bits per heavy atom. The number of carbonyl (C=O) groups is 1. The molecule has 0 aliphatic carbocycles. The van der Waals surface area contributed by atoms with Crippen molar-refractivity contribution in [2.45, 2.75) is 0 Å². The maximum atomic E-state index is 12.2. The summed E-state index contributed by atoms with van der Waals surface area (Å²) in [6.07, 6.45) is 0. The van der Waals surface area contributed by atoms with Crippen LogP contribution in [0, 0.1) is 0 Å². The molecule has 0 atom stereocenters. The molecule has 4 N–H and O–H groups in total. The Morgan fingerprint density at radius 1 is 1.43 bits per heavy atom. The van der Waals surface area contributed by atoms with Gasteiger partial charge in [0, 0.05) is 24.4 Å². The van der Waals surface area contributed by atoms with Crippen molar-refractivity contribution in [1.29, 1.82) is 0 Å². The van der Waals surface area contributed by atoms with E-state index in [1.807, 2.05) is 0 Å². The predicted octanol–water partition coefficient (Wildman–Crippen LogP) is 2.69. The molecule has 0 aliphatic rings. The number of carbonyl (C=O) groups excluding carboxylic acids is 1. The summed E-state index contributed by atoms with van der Waals surface area (Å²) in [5.41, 5.74) is 6.41. The maximum absolute atomic E-state index is 12.2. The van der Waals surface area contributed by atoms with Gasteiger partial charge in [-0.25, -0.2) is 4.98 Å². The molecule has 0 aliphatic heterocycles. The van der Waals surface area contributed by atoms with Gasteiger partial charge in [0.25, 0.3) is 5.91 Å². The minimum absolute atomic E-state index is 0.200. The first-order chi connectivity index (χ1) is 10.1. The van der Waals surface area contributed by atoms with Gasteiger partial charge in [-0.1, -0.05) is 22.9 Å². The van der Waals surface area contributed by atoms with Crippen molar-refractivity contribution in [2.75, 3.05) is 36.6 Å². The summed E-state index contributed by atoms with van der Waals surface area (Å²) < 4.78 is 4.93. The Kier molecular flexibility index (Phi) is 5.38. The highest BCUT2D eigenvalue weighted by Gasteiger charge is 2.16. The fourth-order valence-electron chi connectivity index (χ4n) is 1.55. The van der Waals surface area contributed by atoms with Crippen LogP contribution in [-0.4, -0.2) is 31.2 Å². The van der Waals surface area contributed by atoms with Gasteiger partial charge in [-0.05, 0) is 24.3 Å². The van der Waals surface area contributed by atoms with Crippen LogP contribution >= 0.6 is 22.9 Å². The zero-order valence-electron chi connectivity index (χ0n) is 11.4. The highest BCUT2D eigenvalue weighted by Crippen LogP contribution is 2.26. The lowest BCUT2D eigenvalue weighted by Gasteiger charge is -2.03. The number of nitrogens with two attached hydrogens (primary N) is 1. The van der Waals surface area contributed by atoms with Gasteiger partial charge in [0.1, 0.15) is 10.7 Å². The number of nitrogens with zero attached hydrogens (tertiary/aromatic N) is 1. The van der Waals surface area contributed by atoms with Gasteiger partial charge < -0.3 is 21.1 Å². The molecule has 0 fully saturated rings. The molecular weight excluding hydrogens is 312 g/mol. The van der Waals surface area contributed by atoms with Crippen LogP contribution in [0.15, 0.2) is 24.3 Å². The zero-order chi connectivity index (χ0) is 15.2. The topological polar surface area (TPSA) is 89.3 Å². The molecule has 1 amide bonds. The normalized spacial score (nSPS) is 10.4. The number of hydrogen-bond acceptors (Lipinski definition) is 6. The van der Waals surface area contributed by atoms with E-state index < -0.39 is 0 Å². The summed E-state index contributed by atoms with van der Waals surface area (Å²) in [6.45, 7) is 1.15. The summed E-state index contributed by atoms with van der Waals surface area (Å²) in [7, 11) is 1.61.